The lowest BCUT2D eigenvalue weighted by atomic mass is 9.84. The second-order valence-electron chi connectivity index (χ2n) is 9.25. The summed E-state index contributed by atoms with van der Waals surface area (Å²) in [5.74, 6) is 3.39. The first-order chi connectivity index (χ1) is 15.3. The lowest BCUT2D eigenvalue weighted by molar-refractivity contribution is 0.222. The fraction of sp³-hybridized carbons (Fsp3) is 0.652. The quantitative estimate of drug-likeness (QED) is 0.588. The molecule has 0 radical (unpaired) electrons. The molecule has 1 aromatic carbocycles. The monoisotopic (exact) mass is 462 g/mol. The number of hydrogen-bond donors (Lipinski definition) is 0. The van der Waals surface area contributed by atoms with E-state index in [1.807, 2.05) is 0 Å². The van der Waals surface area contributed by atoms with E-state index in [4.69, 9.17) is 9.26 Å². The van der Waals surface area contributed by atoms with Gasteiger partial charge in [-0.2, -0.15) is 4.98 Å². The van der Waals surface area contributed by atoms with E-state index >= 15 is 0 Å². The average Bonchev–Trinajstić information content (AvgIpc) is 3.42. The van der Waals surface area contributed by atoms with Crippen LogP contribution in [0, 0.1) is 11.8 Å². The number of anilines is 1. The third-order valence-corrected chi connectivity index (χ3v) is 8.09. The molecule has 1 aromatic heterocycles. The summed E-state index contributed by atoms with van der Waals surface area (Å²) < 4.78 is 34.5. The summed E-state index contributed by atoms with van der Waals surface area (Å²) in [6.07, 6.45) is 6.66. The highest BCUT2D eigenvalue weighted by Crippen LogP contribution is 2.32. The molecular formula is C23H34N4O4S. The highest BCUT2D eigenvalue weighted by molar-refractivity contribution is 7.90. The van der Waals surface area contributed by atoms with Gasteiger partial charge in [-0.05, 0) is 87.0 Å². The van der Waals surface area contributed by atoms with E-state index in [1.54, 1.807) is 24.3 Å². The largest absolute Gasteiger partial charge is 0.494 e. The van der Waals surface area contributed by atoms with Crippen molar-refractivity contribution in [3.05, 3.63) is 30.2 Å². The molecule has 176 valence electrons. The van der Waals surface area contributed by atoms with Gasteiger partial charge in [0, 0.05) is 19.3 Å². The lowest BCUT2D eigenvalue weighted by Crippen LogP contribution is -2.36. The Morgan fingerprint density at radius 2 is 1.88 bits per heavy atom. The van der Waals surface area contributed by atoms with Crippen molar-refractivity contribution in [2.24, 2.45) is 11.8 Å². The van der Waals surface area contributed by atoms with Crippen LogP contribution < -0.4 is 9.64 Å². The van der Waals surface area contributed by atoms with Gasteiger partial charge in [0.2, 0.25) is 5.89 Å². The first kappa shape index (κ1) is 23.0. The van der Waals surface area contributed by atoms with Crippen molar-refractivity contribution in [1.82, 2.24) is 15.0 Å². The Morgan fingerprint density at radius 3 is 2.50 bits per heavy atom. The van der Waals surface area contributed by atoms with Gasteiger partial charge in [0.05, 0.1) is 17.5 Å². The molecule has 2 fully saturated rings. The summed E-state index contributed by atoms with van der Waals surface area (Å²) in [5.41, 5.74) is 0. The average molecular weight is 463 g/mol. The van der Waals surface area contributed by atoms with E-state index in [9.17, 15) is 8.42 Å². The number of hydrogen-bond acceptors (Lipinski definition) is 8. The first-order valence-electron chi connectivity index (χ1n) is 11.5. The number of piperidine rings is 1. The van der Waals surface area contributed by atoms with Gasteiger partial charge in [0.1, 0.15) is 5.75 Å². The van der Waals surface area contributed by atoms with Crippen molar-refractivity contribution in [3.63, 3.8) is 0 Å². The Balaban J connectivity index is 1.21. The maximum Gasteiger partial charge on any atom is 0.266 e. The summed E-state index contributed by atoms with van der Waals surface area (Å²) in [4.78, 5) is 9.53. The standard InChI is InChI=1S/C23H34N4O4S/c1-17(12-16-30-19-6-8-20(9-7-19)32(3,28)29)18-10-14-27(15-11-18)23-24-22(31-25-23)21-5-4-13-26(21)2/h6-9,17-18,21H,4-5,10-16H2,1-3H3. The van der Waals surface area contributed by atoms with Crippen LogP contribution in [0.25, 0.3) is 0 Å². The third-order valence-electron chi connectivity index (χ3n) is 6.96. The van der Waals surface area contributed by atoms with E-state index in [2.05, 4.69) is 33.9 Å². The molecule has 3 heterocycles. The topological polar surface area (TPSA) is 88.8 Å². The molecule has 2 saturated heterocycles. The van der Waals surface area contributed by atoms with Gasteiger partial charge in [-0.15, -0.1) is 0 Å². The smallest absolute Gasteiger partial charge is 0.266 e. The number of nitrogens with zero attached hydrogens (tertiary/aromatic N) is 4. The number of sulfone groups is 1. The molecule has 0 bridgehead atoms. The minimum atomic E-state index is -3.17. The van der Waals surface area contributed by atoms with Gasteiger partial charge >= 0.3 is 0 Å². The van der Waals surface area contributed by atoms with Crippen molar-refractivity contribution in [1.29, 1.82) is 0 Å². The van der Waals surface area contributed by atoms with Crippen LogP contribution in [0.15, 0.2) is 33.7 Å². The van der Waals surface area contributed by atoms with Crippen LogP contribution in [-0.4, -0.2) is 63.0 Å². The number of ether oxygens (including phenoxy) is 1. The van der Waals surface area contributed by atoms with Crippen molar-refractivity contribution in [2.75, 3.05) is 44.4 Å². The zero-order chi connectivity index (χ0) is 22.7. The number of aromatic nitrogens is 2. The zero-order valence-corrected chi connectivity index (χ0v) is 20.1. The Kier molecular flexibility index (Phi) is 7.05. The Labute approximate surface area is 190 Å². The van der Waals surface area contributed by atoms with E-state index in [1.165, 1.54) is 12.7 Å². The van der Waals surface area contributed by atoms with Crippen LogP contribution in [0.3, 0.4) is 0 Å². The van der Waals surface area contributed by atoms with Crippen LogP contribution in [0.4, 0.5) is 5.95 Å². The third kappa shape index (κ3) is 5.43. The summed E-state index contributed by atoms with van der Waals surface area (Å²) in [5, 5.41) is 4.25. The van der Waals surface area contributed by atoms with Crippen molar-refractivity contribution in [2.45, 2.75) is 50.0 Å². The molecule has 2 aliphatic rings. The molecule has 32 heavy (non-hydrogen) atoms. The zero-order valence-electron chi connectivity index (χ0n) is 19.2. The highest BCUT2D eigenvalue weighted by Gasteiger charge is 2.30. The molecule has 2 atom stereocenters. The molecule has 0 N–H and O–H groups in total. The fourth-order valence-corrected chi connectivity index (χ4v) is 5.39. The molecule has 2 aromatic rings. The van der Waals surface area contributed by atoms with E-state index in [0.29, 0.717) is 29.1 Å². The van der Waals surface area contributed by atoms with Crippen LogP contribution in [-0.2, 0) is 9.84 Å². The van der Waals surface area contributed by atoms with E-state index in [-0.39, 0.29) is 6.04 Å². The lowest BCUT2D eigenvalue weighted by Gasteiger charge is -2.34. The molecule has 9 heteroatoms. The molecule has 0 aliphatic carbocycles. The van der Waals surface area contributed by atoms with Gasteiger partial charge in [-0.25, -0.2) is 8.42 Å². The van der Waals surface area contributed by atoms with Gasteiger partial charge in [0.25, 0.3) is 5.95 Å². The van der Waals surface area contributed by atoms with E-state index < -0.39 is 9.84 Å². The molecule has 2 aliphatic heterocycles. The Morgan fingerprint density at radius 1 is 1.16 bits per heavy atom. The van der Waals surface area contributed by atoms with Crippen molar-refractivity contribution < 1.29 is 17.7 Å². The SMILES string of the molecule is CC(CCOc1ccc(S(C)(=O)=O)cc1)C1CCN(c2noc(C3CCCN3C)n2)CC1. The van der Waals surface area contributed by atoms with Gasteiger partial charge < -0.3 is 14.2 Å². The maximum absolute atomic E-state index is 11.6. The van der Waals surface area contributed by atoms with Crippen LogP contribution in [0.2, 0.25) is 0 Å². The number of likely N-dealkylation sites (tertiary alicyclic amines) is 1. The van der Waals surface area contributed by atoms with Crippen molar-refractivity contribution in [3.8, 4) is 5.75 Å². The van der Waals surface area contributed by atoms with E-state index in [0.717, 1.165) is 57.2 Å². The summed E-state index contributed by atoms with van der Waals surface area (Å²) >= 11 is 0. The summed E-state index contributed by atoms with van der Waals surface area (Å²) in [6.45, 7) is 5.90. The van der Waals surface area contributed by atoms with Gasteiger partial charge in [0.15, 0.2) is 9.84 Å². The summed E-state index contributed by atoms with van der Waals surface area (Å²) in [7, 11) is -1.06. The highest BCUT2D eigenvalue weighted by atomic mass is 32.2. The van der Waals surface area contributed by atoms with Crippen LogP contribution in [0.1, 0.15) is 51.0 Å². The van der Waals surface area contributed by atoms with Gasteiger partial charge in [-0.1, -0.05) is 6.92 Å². The number of benzene rings is 1. The van der Waals surface area contributed by atoms with Crippen LogP contribution >= 0.6 is 0 Å². The predicted molar refractivity (Wildman–Crippen MR) is 123 cm³/mol. The first-order valence-corrected chi connectivity index (χ1v) is 13.4. The molecule has 4 rings (SSSR count). The minimum Gasteiger partial charge on any atom is -0.494 e. The number of rotatable bonds is 8. The summed E-state index contributed by atoms with van der Waals surface area (Å²) in [6, 6.07) is 6.90. The molecule has 2 unspecified atom stereocenters. The Hall–Kier alpha value is -2.13. The minimum absolute atomic E-state index is 0.261. The Bertz CT molecular complexity index is 984. The van der Waals surface area contributed by atoms with Crippen molar-refractivity contribution >= 4 is 15.8 Å². The maximum atomic E-state index is 11.6. The van der Waals surface area contributed by atoms with Crippen LogP contribution in [0.5, 0.6) is 5.75 Å². The predicted octanol–water partition coefficient (Wildman–Crippen LogP) is 3.56. The molecule has 0 saturated carbocycles. The van der Waals surface area contributed by atoms with Gasteiger partial charge in [-0.3, -0.25) is 4.90 Å². The molecule has 8 nitrogen and oxygen atoms in total. The molecular weight excluding hydrogens is 428 g/mol. The molecule has 0 spiro atoms. The normalized spacial score (nSPS) is 21.7. The second kappa shape index (κ2) is 9.79. The second-order valence-corrected chi connectivity index (χ2v) is 11.3. The fourth-order valence-electron chi connectivity index (χ4n) is 4.76. The molecule has 0 amide bonds.